The van der Waals surface area contributed by atoms with Crippen LogP contribution in [0.15, 0.2) is 36.4 Å². The van der Waals surface area contributed by atoms with Crippen LogP contribution >= 0.6 is 56.5 Å². The molecule has 4 aromatic rings. The van der Waals surface area contributed by atoms with Crippen molar-refractivity contribution in [3.8, 4) is 27.7 Å². The molecule has 120 valence electrons. The van der Waals surface area contributed by atoms with Gasteiger partial charge >= 0.3 is 0 Å². The lowest BCUT2D eigenvalue weighted by Crippen LogP contribution is -1.92. The maximum atomic E-state index is 10.4. The number of hydrogen-bond acceptors (Lipinski definition) is 5. The minimum Gasteiger partial charge on any atom is -0.506 e. The number of hydrogen-bond donors (Lipinski definition) is 1. The third-order valence-electron chi connectivity index (χ3n) is 3.56. The molecule has 4 rings (SSSR count). The largest absolute Gasteiger partial charge is 0.506 e. The van der Waals surface area contributed by atoms with Crippen molar-refractivity contribution in [3.63, 3.8) is 0 Å². The van der Waals surface area contributed by atoms with Crippen LogP contribution in [-0.2, 0) is 0 Å². The van der Waals surface area contributed by atoms with Crippen LogP contribution in [0.3, 0.4) is 0 Å². The fourth-order valence-corrected chi connectivity index (χ4v) is 5.04. The number of aryl methyl sites for hydroxylation is 1. The van der Waals surface area contributed by atoms with E-state index in [9.17, 15) is 5.11 Å². The van der Waals surface area contributed by atoms with Gasteiger partial charge in [-0.15, -0.1) is 10.2 Å². The quantitative estimate of drug-likeness (QED) is 0.360. The normalized spacial score (nSPS) is 11.3. The van der Waals surface area contributed by atoms with Crippen LogP contribution in [0, 0.1) is 14.1 Å². The van der Waals surface area contributed by atoms with Crippen LogP contribution in [0.1, 0.15) is 5.56 Å². The van der Waals surface area contributed by atoms with Gasteiger partial charge < -0.3 is 5.11 Å². The van der Waals surface area contributed by atoms with Crippen LogP contribution in [-0.4, -0.2) is 24.9 Å². The first-order valence-corrected chi connectivity index (χ1v) is 9.98. The molecular formula is C16H10I2N4OS. The summed E-state index contributed by atoms with van der Waals surface area (Å²) in [6.07, 6.45) is 0. The molecule has 0 saturated carbocycles. The number of phenols is 1. The minimum absolute atomic E-state index is 0.248. The van der Waals surface area contributed by atoms with Crippen molar-refractivity contribution in [2.24, 2.45) is 0 Å². The molecule has 0 atom stereocenters. The van der Waals surface area contributed by atoms with Gasteiger partial charge in [0.15, 0.2) is 10.8 Å². The van der Waals surface area contributed by atoms with Crippen molar-refractivity contribution in [2.75, 3.05) is 0 Å². The summed E-state index contributed by atoms with van der Waals surface area (Å²) in [4.78, 5) is 0.703. The Balaban J connectivity index is 1.87. The van der Waals surface area contributed by atoms with E-state index in [1.54, 1.807) is 4.52 Å². The van der Waals surface area contributed by atoms with Crippen LogP contribution in [0.4, 0.5) is 0 Å². The summed E-state index contributed by atoms with van der Waals surface area (Å²) < 4.78 is 3.59. The van der Waals surface area contributed by atoms with Crippen LogP contribution in [0.5, 0.6) is 5.75 Å². The summed E-state index contributed by atoms with van der Waals surface area (Å²) in [6.45, 7) is 2.05. The van der Waals surface area contributed by atoms with Crippen molar-refractivity contribution >= 4 is 61.5 Å². The Morgan fingerprint density at radius 3 is 2.58 bits per heavy atom. The van der Waals surface area contributed by atoms with Gasteiger partial charge in [0.05, 0.1) is 9.13 Å². The van der Waals surface area contributed by atoms with Crippen molar-refractivity contribution in [1.82, 2.24) is 19.8 Å². The van der Waals surface area contributed by atoms with E-state index >= 15 is 0 Å². The standard InChI is InChI=1S/C16H10I2N4OS/c1-8-2-4-9(5-3-8)14-19-20-16-22(14)21-15(24-16)11-6-10(17)7-12(18)13(11)23/h2-7,23H,1H3. The monoisotopic (exact) mass is 560 g/mol. The molecule has 2 aromatic carbocycles. The van der Waals surface area contributed by atoms with Crippen molar-refractivity contribution < 1.29 is 5.11 Å². The Labute approximate surface area is 169 Å². The summed E-state index contributed by atoms with van der Waals surface area (Å²) in [7, 11) is 0. The summed E-state index contributed by atoms with van der Waals surface area (Å²) in [5.74, 6) is 0.949. The lowest BCUT2D eigenvalue weighted by Gasteiger charge is -2.04. The van der Waals surface area contributed by atoms with E-state index in [0.717, 1.165) is 23.3 Å². The average molecular weight is 560 g/mol. The number of aromatic hydroxyl groups is 1. The second-order valence-corrected chi connectivity index (χ2v) is 8.64. The molecule has 8 heteroatoms. The van der Waals surface area contributed by atoms with Gasteiger partial charge in [-0.3, -0.25) is 0 Å². The van der Waals surface area contributed by atoms with E-state index in [2.05, 4.69) is 60.5 Å². The molecule has 0 aliphatic rings. The van der Waals surface area contributed by atoms with Gasteiger partial charge in [0.25, 0.3) is 0 Å². The second-order valence-electron chi connectivity index (χ2n) is 5.28. The Bertz CT molecular complexity index is 1060. The first-order valence-electron chi connectivity index (χ1n) is 7.00. The number of fused-ring (bicyclic) bond motifs is 1. The van der Waals surface area contributed by atoms with Gasteiger partial charge in [0.1, 0.15) is 5.75 Å². The van der Waals surface area contributed by atoms with Crippen LogP contribution < -0.4 is 0 Å². The highest BCUT2D eigenvalue weighted by molar-refractivity contribution is 14.1. The lowest BCUT2D eigenvalue weighted by atomic mass is 10.1. The molecule has 0 spiro atoms. The third-order valence-corrected chi connectivity index (χ3v) is 5.94. The van der Waals surface area contributed by atoms with E-state index in [1.807, 2.05) is 43.3 Å². The zero-order chi connectivity index (χ0) is 16.8. The number of aromatic nitrogens is 4. The highest BCUT2D eigenvalue weighted by Gasteiger charge is 2.18. The first kappa shape index (κ1) is 16.2. The van der Waals surface area contributed by atoms with Gasteiger partial charge in [-0.05, 0) is 64.2 Å². The molecule has 0 radical (unpaired) electrons. The van der Waals surface area contributed by atoms with E-state index in [0.29, 0.717) is 10.8 Å². The van der Waals surface area contributed by atoms with Gasteiger partial charge in [-0.1, -0.05) is 41.2 Å². The molecule has 1 N–H and O–H groups in total. The maximum absolute atomic E-state index is 10.4. The molecule has 0 fully saturated rings. The SMILES string of the molecule is Cc1ccc(-c2nnc3sc(-c4cc(I)cc(I)c4O)nn23)cc1. The Morgan fingerprint density at radius 2 is 1.83 bits per heavy atom. The molecule has 0 bridgehead atoms. The number of halogens is 2. The molecule has 2 heterocycles. The number of nitrogens with zero attached hydrogens (tertiary/aromatic N) is 4. The van der Waals surface area contributed by atoms with E-state index in [-0.39, 0.29) is 5.75 Å². The van der Waals surface area contributed by atoms with E-state index < -0.39 is 0 Å². The number of benzene rings is 2. The summed E-state index contributed by atoms with van der Waals surface area (Å²) >= 11 is 5.77. The van der Waals surface area contributed by atoms with E-state index in [4.69, 9.17) is 0 Å². The zero-order valence-corrected chi connectivity index (χ0v) is 17.5. The van der Waals surface area contributed by atoms with Crippen LogP contribution in [0.2, 0.25) is 0 Å². The highest BCUT2D eigenvalue weighted by Crippen LogP contribution is 2.37. The molecule has 0 amide bonds. The second kappa shape index (κ2) is 6.23. The number of rotatable bonds is 2. The van der Waals surface area contributed by atoms with Crippen LogP contribution in [0.25, 0.3) is 26.9 Å². The smallest absolute Gasteiger partial charge is 0.235 e. The minimum atomic E-state index is 0.248. The molecule has 5 nitrogen and oxygen atoms in total. The van der Waals surface area contributed by atoms with Crippen molar-refractivity contribution in [1.29, 1.82) is 0 Å². The topological polar surface area (TPSA) is 63.3 Å². The third kappa shape index (κ3) is 2.80. The lowest BCUT2D eigenvalue weighted by molar-refractivity contribution is 0.473. The molecule has 2 aromatic heterocycles. The van der Waals surface area contributed by atoms with Gasteiger partial charge in [0, 0.05) is 9.13 Å². The summed E-state index contributed by atoms with van der Waals surface area (Å²) in [6, 6.07) is 12.0. The first-order chi connectivity index (χ1) is 11.5. The highest BCUT2D eigenvalue weighted by atomic mass is 127. The molecule has 0 aliphatic heterocycles. The van der Waals surface area contributed by atoms with Gasteiger partial charge in [-0.2, -0.15) is 9.61 Å². The maximum Gasteiger partial charge on any atom is 0.235 e. The van der Waals surface area contributed by atoms with E-state index in [1.165, 1.54) is 16.9 Å². The van der Waals surface area contributed by atoms with Gasteiger partial charge in [0.2, 0.25) is 4.96 Å². The summed E-state index contributed by atoms with van der Waals surface area (Å²) in [5, 5.41) is 24.2. The summed E-state index contributed by atoms with van der Waals surface area (Å²) in [5.41, 5.74) is 2.87. The predicted octanol–water partition coefficient (Wildman–Crippen LogP) is 4.74. The van der Waals surface area contributed by atoms with Crippen molar-refractivity contribution in [3.05, 3.63) is 49.1 Å². The molecule has 0 aliphatic carbocycles. The Morgan fingerprint density at radius 1 is 1.08 bits per heavy atom. The molecule has 0 unspecified atom stereocenters. The zero-order valence-electron chi connectivity index (χ0n) is 12.4. The van der Waals surface area contributed by atoms with Gasteiger partial charge in [-0.25, -0.2) is 0 Å². The average Bonchev–Trinajstić information content (AvgIpc) is 3.12. The van der Waals surface area contributed by atoms with Crippen molar-refractivity contribution in [2.45, 2.75) is 6.92 Å². The fraction of sp³-hybridized carbons (Fsp3) is 0.0625. The Hall–Kier alpha value is -1.27. The Kier molecular flexibility index (Phi) is 4.21. The molecule has 24 heavy (non-hydrogen) atoms. The molecule has 0 saturated heterocycles. The number of phenolic OH excluding ortho intramolecular Hbond substituents is 1. The fourth-order valence-electron chi connectivity index (χ4n) is 2.34. The predicted molar refractivity (Wildman–Crippen MR) is 111 cm³/mol. The molecular weight excluding hydrogens is 550 g/mol.